The fourth-order valence-corrected chi connectivity index (χ4v) is 2.86. The summed E-state index contributed by atoms with van der Waals surface area (Å²) >= 11 is 13.0. The SMILES string of the molecule is C[C@H](CCl)COc1ccc(Sc2ccc(OCC(O)CCl)cc2)cc1. The summed E-state index contributed by atoms with van der Waals surface area (Å²) in [5, 5.41) is 9.40. The minimum Gasteiger partial charge on any atom is -0.493 e. The number of alkyl halides is 2. The Morgan fingerprint density at radius 3 is 1.76 bits per heavy atom. The highest BCUT2D eigenvalue weighted by molar-refractivity contribution is 7.99. The quantitative estimate of drug-likeness (QED) is 0.564. The summed E-state index contributed by atoms with van der Waals surface area (Å²) in [7, 11) is 0. The van der Waals surface area contributed by atoms with E-state index in [2.05, 4.69) is 6.92 Å². The zero-order valence-corrected chi connectivity index (χ0v) is 16.4. The van der Waals surface area contributed by atoms with Crippen molar-refractivity contribution in [3.63, 3.8) is 0 Å². The standard InChI is InChI=1S/C19H22Cl2O3S/c1-14(10-20)12-23-16-2-6-18(7-3-16)25-19-8-4-17(5-9-19)24-13-15(22)11-21/h2-9,14-15,22H,10-13H2,1H3/t14-,15?/m1/s1. The third-order valence-electron chi connectivity index (χ3n) is 3.30. The lowest BCUT2D eigenvalue weighted by Gasteiger charge is -2.11. The van der Waals surface area contributed by atoms with Gasteiger partial charge in [0.15, 0.2) is 0 Å². The summed E-state index contributed by atoms with van der Waals surface area (Å²) < 4.78 is 11.2. The Hall–Kier alpha value is -1.07. The van der Waals surface area contributed by atoms with Gasteiger partial charge in [0.25, 0.3) is 0 Å². The lowest BCUT2D eigenvalue weighted by molar-refractivity contribution is 0.125. The molecule has 2 rings (SSSR count). The molecule has 2 aromatic carbocycles. The maximum Gasteiger partial charge on any atom is 0.119 e. The molecule has 0 saturated carbocycles. The van der Waals surface area contributed by atoms with E-state index < -0.39 is 6.10 Å². The number of benzene rings is 2. The van der Waals surface area contributed by atoms with Crippen LogP contribution in [0, 0.1) is 5.92 Å². The second-order valence-corrected chi connectivity index (χ2v) is 7.50. The topological polar surface area (TPSA) is 38.7 Å². The summed E-state index contributed by atoms with van der Waals surface area (Å²) in [6.07, 6.45) is -0.649. The number of ether oxygens (including phenoxy) is 2. The second kappa shape index (κ2) is 10.8. The third-order valence-corrected chi connectivity index (χ3v) is 5.20. The Morgan fingerprint density at radius 1 is 0.840 bits per heavy atom. The number of aliphatic hydroxyl groups is 1. The van der Waals surface area contributed by atoms with Crippen molar-refractivity contribution in [1.82, 2.24) is 0 Å². The molecule has 6 heteroatoms. The molecule has 0 heterocycles. The highest BCUT2D eigenvalue weighted by atomic mass is 35.5. The molecule has 1 N–H and O–H groups in total. The Labute approximate surface area is 163 Å². The van der Waals surface area contributed by atoms with Gasteiger partial charge in [0.1, 0.15) is 24.2 Å². The molecule has 0 aliphatic carbocycles. The molecule has 0 bridgehead atoms. The maximum atomic E-state index is 9.40. The van der Waals surface area contributed by atoms with Crippen LogP contribution in [0.1, 0.15) is 6.92 Å². The summed E-state index contributed by atoms with van der Waals surface area (Å²) in [6.45, 7) is 2.87. The molecule has 2 aromatic rings. The van der Waals surface area contributed by atoms with Crippen molar-refractivity contribution in [2.75, 3.05) is 25.0 Å². The van der Waals surface area contributed by atoms with Crippen LogP contribution < -0.4 is 9.47 Å². The Kier molecular flexibility index (Phi) is 8.76. The van der Waals surface area contributed by atoms with Crippen LogP contribution >= 0.6 is 35.0 Å². The van der Waals surface area contributed by atoms with Gasteiger partial charge in [-0.1, -0.05) is 18.7 Å². The predicted molar refractivity (Wildman–Crippen MR) is 105 cm³/mol. The molecule has 1 unspecified atom stereocenters. The zero-order chi connectivity index (χ0) is 18.1. The summed E-state index contributed by atoms with van der Waals surface area (Å²) in [4.78, 5) is 2.23. The van der Waals surface area contributed by atoms with Gasteiger partial charge in [0.2, 0.25) is 0 Å². The molecule has 2 atom stereocenters. The van der Waals surface area contributed by atoms with Crippen LogP contribution in [-0.2, 0) is 0 Å². The normalized spacial score (nSPS) is 13.3. The fraction of sp³-hybridized carbons (Fsp3) is 0.368. The second-order valence-electron chi connectivity index (χ2n) is 5.73. The molecule has 0 spiro atoms. The molecule has 0 saturated heterocycles. The van der Waals surface area contributed by atoms with Gasteiger partial charge in [-0.15, -0.1) is 23.2 Å². The number of rotatable bonds is 10. The molecule has 3 nitrogen and oxygen atoms in total. The largest absolute Gasteiger partial charge is 0.493 e. The summed E-state index contributed by atoms with van der Waals surface area (Å²) in [5.74, 6) is 2.66. The van der Waals surface area contributed by atoms with Crippen molar-refractivity contribution in [1.29, 1.82) is 0 Å². The van der Waals surface area contributed by atoms with Crippen LogP contribution in [0.3, 0.4) is 0 Å². The lowest BCUT2D eigenvalue weighted by Crippen LogP contribution is -2.18. The van der Waals surface area contributed by atoms with Gasteiger partial charge in [-0.3, -0.25) is 0 Å². The monoisotopic (exact) mass is 400 g/mol. The van der Waals surface area contributed by atoms with Crippen molar-refractivity contribution in [3.05, 3.63) is 48.5 Å². The third kappa shape index (κ3) is 7.37. The minimum atomic E-state index is -0.649. The smallest absolute Gasteiger partial charge is 0.119 e. The van der Waals surface area contributed by atoms with E-state index in [1.807, 2.05) is 48.5 Å². The fourth-order valence-electron chi connectivity index (χ4n) is 1.86. The average Bonchev–Trinajstić information content (AvgIpc) is 2.66. The molecule has 0 aliphatic heterocycles. The number of hydrogen-bond donors (Lipinski definition) is 1. The Morgan fingerprint density at radius 2 is 1.32 bits per heavy atom. The first-order valence-electron chi connectivity index (χ1n) is 8.04. The van der Waals surface area contributed by atoms with Crippen LogP contribution in [0.15, 0.2) is 58.3 Å². The van der Waals surface area contributed by atoms with E-state index in [0.29, 0.717) is 24.2 Å². The van der Waals surface area contributed by atoms with Gasteiger partial charge in [-0.2, -0.15) is 0 Å². The highest BCUT2D eigenvalue weighted by Gasteiger charge is 2.05. The lowest BCUT2D eigenvalue weighted by atomic mass is 10.2. The molecule has 0 aliphatic rings. The molecular weight excluding hydrogens is 379 g/mol. The molecule has 25 heavy (non-hydrogen) atoms. The first-order valence-corrected chi connectivity index (χ1v) is 9.93. The van der Waals surface area contributed by atoms with E-state index in [1.54, 1.807) is 11.8 Å². The zero-order valence-electron chi connectivity index (χ0n) is 14.0. The van der Waals surface area contributed by atoms with E-state index in [1.165, 1.54) is 0 Å². The van der Waals surface area contributed by atoms with Crippen LogP contribution in [0.5, 0.6) is 11.5 Å². The first-order chi connectivity index (χ1) is 12.1. The predicted octanol–water partition coefficient (Wildman–Crippen LogP) is 5.07. The number of halogens is 2. The number of hydrogen-bond acceptors (Lipinski definition) is 4. The van der Waals surface area contributed by atoms with Gasteiger partial charge in [0.05, 0.1) is 12.5 Å². The molecule has 136 valence electrons. The van der Waals surface area contributed by atoms with Crippen LogP contribution in [0.4, 0.5) is 0 Å². The molecule has 0 amide bonds. The summed E-state index contributed by atoms with van der Waals surface area (Å²) in [5.41, 5.74) is 0. The Bertz CT molecular complexity index is 564. The summed E-state index contributed by atoms with van der Waals surface area (Å²) in [6, 6.07) is 15.7. The van der Waals surface area contributed by atoms with Crippen molar-refractivity contribution >= 4 is 35.0 Å². The number of aliphatic hydroxyl groups excluding tert-OH is 1. The molecule has 0 aromatic heterocycles. The van der Waals surface area contributed by atoms with Crippen molar-refractivity contribution in [2.45, 2.75) is 22.8 Å². The van der Waals surface area contributed by atoms with Crippen LogP contribution in [0.25, 0.3) is 0 Å². The molecular formula is C19H22Cl2O3S. The Balaban J connectivity index is 1.85. The molecule has 0 fully saturated rings. The minimum absolute atomic E-state index is 0.165. The van der Waals surface area contributed by atoms with Crippen LogP contribution in [0.2, 0.25) is 0 Å². The van der Waals surface area contributed by atoms with Gasteiger partial charge < -0.3 is 14.6 Å². The van der Waals surface area contributed by atoms with Crippen LogP contribution in [-0.4, -0.2) is 36.2 Å². The first kappa shape index (κ1) is 20.2. The van der Waals surface area contributed by atoms with E-state index >= 15 is 0 Å². The van der Waals surface area contributed by atoms with Gasteiger partial charge >= 0.3 is 0 Å². The maximum absolute atomic E-state index is 9.40. The van der Waals surface area contributed by atoms with Gasteiger partial charge in [-0.05, 0) is 48.5 Å². The van der Waals surface area contributed by atoms with E-state index in [4.69, 9.17) is 32.7 Å². The average molecular weight is 401 g/mol. The van der Waals surface area contributed by atoms with Crippen molar-refractivity contribution in [2.24, 2.45) is 5.92 Å². The van der Waals surface area contributed by atoms with Crippen molar-refractivity contribution in [3.8, 4) is 11.5 Å². The highest BCUT2D eigenvalue weighted by Crippen LogP contribution is 2.30. The van der Waals surface area contributed by atoms with E-state index in [9.17, 15) is 5.11 Å². The van der Waals surface area contributed by atoms with E-state index in [0.717, 1.165) is 15.5 Å². The van der Waals surface area contributed by atoms with E-state index in [-0.39, 0.29) is 12.5 Å². The van der Waals surface area contributed by atoms with Gasteiger partial charge in [0, 0.05) is 21.6 Å². The molecule has 0 radical (unpaired) electrons. The van der Waals surface area contributed by atoms with Gasteiger partial charge in [-0.25, -0.2) is 0 Å². The van der Waals surface area contributed by atoms with Crippen molar-refractivity contribution < 1.29 is 14.6 Å².